The van der Waals surface area contributed by atoms with Gasteiger partial charge in [-0.15, -0.1) is 23.5 Å². The highest BCUT2D eigenvalue weighted by Gasteiger charge is 2.06. The molecule has 0 saturated carbocycles. The smallest absolute Gasteiger partial charge is 0.0727 e. The fourth-order valence-electron chi connectivity index (χ4n) is 1.52. The third-order valence-corrected chi connectivity index (χ3v) is 5.55. The maximum absolute atomic E-state index is 10.0. The van der Waals surface area contributed by atoms with Crippen molar-refractivity contribution in [1.29, 1.82) is 0 Å². The summed E-state index contributed by atoms with van der Waals surface area (Å²) in [5.41, 5.74) is 0. The van der Waals surface area contributed by atoms with Crippen molar-refractivity contribution in [2.24, 2.45) is 0 Å². The van der Waals surface area contributed by atoms with Crippen LogP contribution in [0.15, 0.2) is 62.8 Å². The molecule has 5 heteroatoms. The summed E-state index contributed by atoms with van der Waals surface area (Å²) in [7, 11) is 0. The van der Waals surface area contributed by atoms with Crippen molar-refractivity contribution in [3.8, 4) is 0 Å². The number of hydrogen-bond acceptors (Lipinski definition) is 3. The molecule has 0 bridgehead atoms. The lowest BCUT2D eigenvalue weighted by Crippen LogP contribution is -2.12. The summed E-state index contributed by atoms with van der Waals surface area (Å²) in [5, 5.41) is 10.7. The zero-order valence-corrected chi connectivity index (χ0v) is 14.6. The largest absolute Gasteiger partial charge is 0.391 e. The van der Waals surface area contributed by atoms with Crippen molar-refractivity contribution in [2.75, 3.05) is 11.5 Å². The molecule has 0 aromatic heterocycles. The lowest BCUT2D eigenvalue weighted by atomic mass is 10.4. The van der Waals surface area contributed by atoms with Crippen LogP contribution in [0.4, 0.5) is 0 Å². The predicted octanol–water partition coefficient (Wildman–Crippen LogP) is 5.35. The van der Waals surface area contributed by atoms with E-state index < -0.39 is 0 Å². The first-order valence-corrected chi connectivity index (χ1v) is 9.22. The Kier molecular flexibility index (Phi) is 6.78. The second kappa shape index (κ2) is 8.35. The molecule has 0 aliphatic carbocycles. The van der Waals surface area contributed by atoms with Gasteiger partial charge in [-0.1, -0.05) is 33.6 Å². The topological polar surface area (TPSA) is 20.2 Å². The summed E-state index contributed by atoms with van der Waals surface area (Å²) >= 11 is 12.6. The van der Waals surface area contributed by atoms with E-state index in [9.17, 15) is 5.11 Å². The third kappa shape index (κ3) is 5.70. The molecule has 2 rings (SSSR count). The number of halogens is 2. The first kappa shape index (κ1) is 16.2. The van der Waals surface area contributed by atoms with E-state index in [4.69, 9.17) is 11.6 Å². The number of rotatable bonds is 6. The van der Waals surface area contributed by atoms with Crippen molar-refractivity contribution in [1.82, 2.24) is 0 Å². The molecule has 0 amide bonds. The SMILES string of the molecule is OC(CSc1ccc(Br)cc1)CSc1cccc(Cl)c1. The van der Waals surface area contributed by atoms with Gasteiger partial charge < -0.3 is 5.11 Å². The quantitative estimate of drug-likeness (QED) is 0.673. The van der Waals surface area contributed by atoms with Crippen LogP contribution in [-0.4, -0.2) is 22.7 Å². The molecule has 0 aliphatic rings. The fourth-order valence-corrected chi connectivity index (χ4v) is 3.91. The third-order valence-electron chi connectivity index (χ3n) is 2.49. The van der Waals surface area contributed by atoms with E-state index in [2.05, 4.69) is 15.9 Å². The van der Waals surface area contributed by atoms with Crippen LogP contribution < -0.4 is 0 Å². The molecule has 2 aromatic rings. The molecule has 1 N–H and O–H groups in total. The van der Waals surface area contributed by atoms with Gasteiger partial charge in [0.25, 0.3) is 0 Å². The summed E-state index contributed by atoms with van der Waals surface area (Å²) in [6.45, 7) is 0. The monoisotopic (exact) mass is 388 g/mol. The molecule has 0 saturated heterocycles. The standard InChI is InChI=1S/C15H14BrClOS2/c16-11-4-6-14(7-5-11)19-9-13(18)10-20-15-3-1-2-12(17)8-15/h1-8,13,18H,9-10H2. The van der Waals surface area contributed by atoms with E-state index in [1.165, 1.54) is 4.90 Å². The van der Waals surface area contributed by atoms with E-state index in [1.54, 1.807) is 23.5 Å². The zero-order valence-electron chi connectivity index (χ0n) is 10.6. The van der Waals surface area contributed by atoms with Crippen LogP contribution in [0.3, 0.4) is 0 Å². The van der Waals surface area contributed by atoms with Gasteiger partial charge in [0.1, 0.15) is 0 Å². The van der Waals surface area contributed by atoms with Gasteiger partial charge >= 0.3 is 0 Å². The Morgan fingerprint density at radius 3 is 2.30 bits per heavy atom. The normalized spacial score (nSPS) is 12.3. The second-order valence-corrected chi connectivity index (χ2v) is 7.73. The first-order chi connectivity index (χ1) is 9.63. The number of thioether (sulfide) groups is 2. The fraction of sp³-hybridized carbons (Fsp3) is 0.200. The lowest BCUT2D eigenvalue weighted by Gasteiger charge is -2.10. The molecule has 0 fully saturated rings. The lowest BCUT2D eigenvalue weighted by molar-refractivity contribution is 0.225. The maximum Gasteiger partial charge on any atom is 0.0727 e. The zero-order chi connectivity index (χ0) is 14.4. The highest BCUT2D eigenvalue weighted by molar-refractivity contribution is 9.10. The summed E-state index contributed by atoms with van der Waals surface area (Å²) in [6.07, 6.45) is -0.340. The molecule has 2 aromatic carbocycles. The Hall–Kier alpha value is -0.130. The van der Waals surface area contributed by atoms with Gasteiger partial charge in [-0.05, 0) is 42.5 Å². The number of hydrogen-bond donors (Lipinski definition) is 1. The predicted molar refractivity (Wildman–Crippen MR) is 93.0 cm³/mol. The Bertz CT molecular complexity index is 548. The Balaban J connectivity index is 1.75. The first-order valence-electron chi connectivity index (χ1n) is 6.08. The van der Waals surface area contributed by atoms with Gasteiger partial charge in [0.05, 0.1) is 6.10 Å². The summed E-state index contributed by atoms with van der Waals surface area (Å²) in [5.74, 6) is 1.36. The van der Waals surface area contributed by atoms with Gasteiger partial charge in [-0.25, -0.2) is 0 Å². The molecule has 20 heavy (non-hydrogen) atoms. The molecule has 1 atom stereocenters. The van der Waals surface area contributed by atoms with E-state index >= 15 is 0 Å². The van der Waals surface area contributed by atoms with Crippen molar-refractivity contribution >= 4 is 51.1 Å². The van der Waals surface area contributed by atoms with Crippen LogP contribution in [-0.2, 0) is 0 Å². The average Bonchev–Trinajstić information content (AvgIpc) is 2.45. The minimum atomic E-state index is -0.340. The summed E-state index contributed by atoms with van der Waals surface area (Å²) in [6, 6.07) is 15.8. The van der Waals surface area contributed by atoms with E-state index in [0.29, 0.717) is 11.5 Å². The molecule has 106 valence electrons. The van der Waals surface area contributed by atoms with Crippen LogP contribution in [0.5, 0.6) is 0 Å². The summed E-state index contributed by atoms with van der Waals surface area (Å²) < 4.78 is 1.07. The van der Waals surface area contributed by atoms with Gasteiger partial charge in [0.2, 0.25) is 0 Å². The molecule has 0 aliphatic heterocycles. The van der Waals surface area contributed by atoms with E-state index in [1.807, 2.05) is 48.5 Å². The number of benzene rings is 2. The Labute approximate surface area is 141 Å². The van der Waals surface area contributed by atoms with Gasteiger partial charge in [0.15, 0.2) is 0 Å². The van der Waals surface area contributed by atoms with Gasteiger partial charge in [-0.3, -0.25) is 0 Å². The summed E-state index contributed by atoms with van der Waals surface area (Å²) in [4.78, 5) is 2.25. The average molecular weight is 390 g/mol. The minimum absolute atomic E-state index is 0.340. The molecule has 0 heterocycles. The molecule has 1 unspecified atom stereocenters. The van der Waals surface area contributed by atoms with Crippen molar-refractivity contribution in [3.05, 3.63) is 58.0 Å². The van der Waals surface area contributed by atoms with Crippen molar-refractivity contribution in [2.45, 2.75) is 15.9 Å². The molecule has 0 spiro atoms. The van der Waals surface area contributed by atoms with Crippen LogP contribution in [0.1, 0.15) is 0 Å². The highest BCUT2D eigenvalue weighted by atomic mass is 79.9. The van der Waals surface area contributed by atoms with Crippen LogP contribution in [0.2, 0.25) is 5.02 Å². The minimum Gasteiger partial charge on any atom is -0.391 e. The number of aliphatic hydroxyl groups is 1. The maximum atomic E-state index is 10.0. The molecular formula is C15H14BrClOS2. The van der Waals surface area contributed by atoms with Crippen LogP contribution >= 0.6 is 51.1 Å². The Morgan fingerprint density at radius 2 is 1.65 bits per heavy atom. The highest BCUT2D eigenvalue weighted by Crippen LogP contribution is 2.25. The molecule has 0 radical (unpaired) electrons. The van der Waals surface area contributed by atoms with Gasteiger partial charge in [0, 0.05) is 30.8 Å². The van der Waals surface area contributed by atoms with Gasteiger partial charge in [-0.2, -0.15) is 0 Å². The van der Waals surface area contributed by atoms with Crippen molar-refractivity contribution < 1.29 is 5.11 Å². The van der Waals surface area contributed by atoms with Crippen LogP contribution in [0.25, 0.3) is 0 Å². The van der Waals surface area contributed by atoms with Crippen LogP contribution in [0, 0.1) is 0 Å². The molecule has 1 nitrogen and oxygen atoms in total. The molecular weight excluding hydrogens is 376 g/mol. The van der Waals surface area contributed by atoms with E-state index in [0.717, 1.165) is 14.4 Å². The van der Waals surface area contributed by atoms with Crippen molar-refractivity contribution in [3.63, 3.8) is 0 Å². The number of aliphatic hydroxyl groups excluding tert-OH is 1. The Morgan fingerprint density at radius 1 is 1.00 bits per heavy atom. The second-order valence-electron chi connectivity index (χ2n) is 4.19. The van der Waals surface area contributed by atoms with E-state index in [-0.39, 0.29) is 6.10 Å².